The zero-order chi connectivity index (χ0) is 30.5. The molecule has 0 bridgehead atoms. The molecule has 3 aliphatic rings. The summed E-state index contributed by atoms with van der Waals surface area (Å²) in [5.74, 6) is -1.49. The van der Waals surface area contributed by atoms with E-state index in [9.17, 15) is 32.7 Å². The van der Waals surface area contributed by atoms with Gasteiger partial charge in [-0.1, -0.05) is 12.1 Å². The van der Waals surface area contributed by atoms with Crippen molar-refractivity contribution in [3.8, 4) is 0 Å². The number of para-hydroxylation sites is 1. The molecule has 0 unspecified atom stereocenters. The van der Waals surface area contributed by atoms with Crippen LogP contribution in [0, 0.1) is 19.8 Å². The Hall–Kier alpha value is -3.87. The van der Waals surface area contributed by atoms with Gasteiger partial charge in [0.15, 0.2) is 0 Å². The molecule has 1 aromatic carbocycles. The lowest BCUT2D eigenvalue weighted by Gasteiger charge is -2.42. The Morgan fingerprint density at radius 3 is 2.50 bits per heavy atom. The molecule has 0 spiro atoms. The molecule has 226 valence electrons. The van der Waals surface area contributed by atoms with Crippen molar-refractivity contribution in [2.75, 3.05) is 61.0 Å². The van der Waals surface area contributed by atoms with Gasteiger partial charge in [0.2, 0.25) is 11.8 Å². The number of fused-ring (bicyclic) bond motifs is 2. The standard InChI is InChI=1S/C29H35F3N6O4/c1-17-6-5-7-22-25(17)36(10-8-35-9-11-37(28(41)42)15-19(35)3)16-20-13-24(39)38(26(20)27(40)34(22)4)23-14-21(29(30,31)32)12-18(2)33-23/h5-7,12,14,19-20,26H,8-11,13,15-16H2,1-4H3,(H,41,42)/t19-,20+,26-/m0/s1. The molecule has 0 radical (unpaired) electrons. The smallest absolute Gasteiger partial charge is 0.416 e. The van der Waals surface area contributed by atoms with Gasteiger partial charge in [-0.2, -0.15) is 13.2 Å². The lowest BCUT2D eigenvalue weighted by Crippen LogP contribution is -2.56. The highest BCUT2D eigenvalue weighted by molar-refractivity contribution is 6.10. The van der Waals surface area contributed by atoms with Gasteiger partial charge < -0.3 is 19.8 Å². The van der Waals surface area contributed by atoms with Gasteiger partial charge in [0, 0.05) is 70.4 Å². The minimum absolute atomic E-state index is 0.00732. The average molecular weight is 589 g/mol. The molecule has 2 aromatic rings. The number of carbonyl (C=O) groups is 3. The van der Waals surface area contributed by atoms with Crippen molar-refractivity contribution in [1.29, 1.82) is 0 Å². The molecule has 3 atom stereocenters. The Bertz CT molecular complexity index is 1400. The number of hydrogen-bond donors (Lipinski definition) is 1. The summed E-state index contributed by atoms with van der Waals surface area (Å²) in [4.78, 5) is 51.5. The number of carboxylic acid groups (broad SMARTS) is 1. The summed E-state index contributed by atoms with van der Waals surface area (Å²) in [5, 5.41) is 9.38. The van der Waals surface area contributed by atoms with Crippen LogP contribution >= 0.6 is 0 Å². The number of likely N-dealkylation sites (N-methyl/N-ethyl adjacent to an activating group) is 1. The van der Waals surface area contributed by atoms with Crippen molar-refractivity contribution in [1.82, 2.24) is 14.8 Å². The second-order valence-corrected chi connectivity index (χ2v) is 11.4. The SMILES string of the molecule is Cc1cc(C(F)(F)F)cc(N2C(=O)C[C@@H]3CN(CCN4CCN(C(=O)O)C[C@@H]4C)c4c(C)cccc4N(C)C(=O)[C@H]32)n1. The van der Waals surface area contributed by atoms with Gasteiger partial charge >= 0.3 is 12.3 Å². The molecule has 42 heavy (non-hydrogen) atoms. The van der Waals surface area contributed by atoms with E-state index in [1.54, 1.807) is 7.05 Å². The first-order valence-corrected chi connectivity index (χ1v) is 14.0. The lowest BCUT2D eigenvalue weighted by molar-refractivity contribution is -0.137. The van der Waals surface area contributed by atoms with E-state index in [4.69, 9.17) is 0 Å². The maximum Gasteiger partial charge on any atom is 0.416 e. The highest BCUT2D eigenvalue weighted by Gasteiger charge is 2.49. The van der Waals surface area contributed by atoms with E-state index in [0.717, 1.165) is 28.3 Å². The molecule has 13 heteroatoms. The fourth-order valence-corrected chi connectivity index (χ4v) is 6.46. The van der Waals surface area contributed by atoms with Gasteiger partial charge in [-0.25, -0.2) is 9.78 Å². The zero-order valence-electron chi connectivity index (χ0n) is 24.1. The number of aromatic nitrogens is 1. The van der Waals surface area contributed by atoms with Crippen molar-refractivity contribution < 1.29 is 32.7 Å². The third-order valence-electron chi connectivity index (χ3n) is 8.57. The lowest BCUT2D eigenvalue weighted by atomic mass is 9.95. The summed E-state index contributed by atoms with van der Waals surface area (Å²) in [7, 11) is 1.63. The molecular weight excluding hydrogens is 553 g/mol. The average Bonchev–Trinajstić information content (AvgIpc) is 3.24. The highest BCUT2D eigenvalue weighted by Crippen LogP contribution is 2.41. The summed E-state index contributed by atoms with van der Waals surface area (Å²) in [5.41, 5.74) is 1.64. The van der Waals surface area contributed by atoms with Crippen LogP contribution in [0.3, 0.4) is 0 Å². The maximum absolute atomic E-state index is 14.0. The first kappa shape index (κ1) is 29.6. The number of benzene rings is 1. The highest BCUT2D eigenvalue weighted by atomic mass is 19.4. The number of aryl methyl sites for hydroxylation is 2. The van der Waals surface area contributed by atoms with Crippen molar-refractivity contribution in [2.45, 2.75) is 45.5 Å². The second-order valence-electron chi connectivity index (χ2n) is 11.4. The predicted octanol–water partition coefficient (Wildman–Crippen LogP) is 3.61. The van der Waals surface area contributed by atoms with Crippen LogP contribution in [-0.2, 0) is 15.8 Å². The largest absolute Gasteiger partial charge is 0.465 e. The van der Waals surface area contributed by atoms with Crippen LogP contribution in [0.4, 0.5) is 35.2 Å². The number of rotatable bonds is 4. The van der Waals surface area contributed by atoms with Crippen LogP contribution in [0.15, 0.2) is 30.3 Å². The minimum Gasteiger partial charge on any atom is -0.465 e. The van der Waals surface area contributed by atoms with Crippen molar-refractivity contribution >= 4 is 35.1 Å². The number of piperazine rings is 1. The predicted molar refractivity (Wildman–Crippen MR) is 151 cm³/mol. The third-order valence-corrected chi connectivity index (χ3v) is 8.57. The Labute approximate surface area is 242 Å². The first-order valence-electron chi connectivity index (χ1n) is 14.0. The first-order chi connectivity index (χ1) is 19.8. The summed E-state index contributed by atoms with van der Waals surface area (Å²) >= 11 is 0. The number of amides is 3. The van der Waals surface area contributed by atoms with E-state index in [1.807, 2.05) is 32.0 Å². The fourth-order valence-electron chi connectivity index (χ4n) is 6.46. The maximum atomic E-state index is 14.0. The third kappa shape index (κ3) is 5.49. The van der Waals surface area contributed by atoms with E-state index in [2.05, 4.69) is 14.8 Å². The molecule has 3 aliphatic heterocycles. The molecule has 1 aromatic heterocycles. The van der Waals surface area contributed by atoms with Crippen LogP contribution in [0.1, 0.15) is 30.2 Å². The van der Waals surface area contributed by atoms with Gasteiger partial charge in [-0.15, -0.1) is 0 Å². The number of anilines is 3. The topological polar surface area (TPSA) is 101 Å². The number of alkyl halides is 3. The van der Waals surface area contributed by atoms with E-state index in [0.29, 0.717) is 45.0 Å². The van der Waals surface area contributed by atoms with Crippen LogP contribution in [0.2, 0.25) is 0 Å². The molecule has 0 aliphatic carbocycles. The van der Waals surface area contributed by atoms with Gasteiger partial charge in [0.1, 0.15) is 11.9 Å². The number of pyridine rings is 1. The number of hydrogen-bond acceptors (Lipinski definition) is 6. The quantitative estimate of drug-likeness (QED) is 0.583. The van der Waals surface area contributed by atoms with Crippen molar-refractivity contribution in [2.24, 2.45) is 5.92 Å². The van der Waals surface area contributed by atoms with E-state index >= 15 is 0 Å². The number of nitrogens with zero attached hydrogens (tertiary/aromatic N) is 6. The van der Waals surface area contributed by atoms with Crippen LogP contribution in [-0.4, -0.2) is 96.2 Å². The van der Waals surface area contributed by atoms with E-state index in [1.165, 1.54) is 16.7 Å². The van der Waals surface area contributed by atoms with E-state index < -0.39 is 35.7 Å². The Balaban J connectivity index is 1.49. The number of halogens is 3. The minimum atomic E-state index is -4.63. The van der Waals surface area contributed by atoms with Crippen molar-refractivity contribution in [3.63, 3.8) is 0 Å². The monoisotopic (exact) mass is 588 g/mol. The molecule has 0 saturated carbocycles. The number of carbonyl (C=O) groups excluding carboxylic acids is 2. The molecule has 2 saturated heterocycles. The summed E-state index contributed by atoms with van der Waals surface area (Å²) < 4.78 is 41.0. The normalized spacial score (nSPS) is 23.5. The van der Waals surface area contributed by atoms with Crippen LogP contribution in [0.25, 0.3) is 0 Å². The van der Waals surface area contributed by atoms with E-state index in [-0.39, 0.29) is 29.9 Å². The summed E-state index contributed by atoms with van der Waals surface area (Å²) in [6.45, 7) is 8.29. The van der Waals surface area contributed by atoms with Crippen molar-refractivity contribution in [3.05, 3.63) is 47.2 Å². The molecule has 10 nitrogen and oxygen atoms in total. The Morgan fingerprint density at radius 2 is 1.83 bits per heavy atom. The molecule has 1 N–H and O–H groups in total. The van der Waals surface area contributed by atoms with Crippen LogP contribution < -0.4 is 14.7 Å². The van der Waals surface area contributed by atoms with Gasteiger partial charge in [-0.3, -0.25) is 19.4 Å². The molecule has 4 heterocycles. The molecule has 3 amide bonds. The summed E-state index contributed by atoms with van der Waals surface area (Å²) in [6.07, 6.45) is -5.58. The van der Waals surface area contributed by atoms with Gasteiger partial charge in [0.05, 0.1) is 16.9 Å². The molecule has 5 rings (SSSR count). The second kappa shape index (κ2) is 11.1. The Kier molecular flexibility index (Phi) is 7.82. The zero-order valence-corrected chi connectivity index (χ0v) is 24.1. The van der Waals surface area contributed by atoms with Crippen LogP contribution in [0.5, 0.6) is 0 Å². The molecular formula is C29H35F3N6O4. The molecule has 2 fully saturated rings. The Morgan fingerprint density at radius 1 is 1.10 bits per heavy atom. The fraction of sp³-hybridized carbons (Fsp3) is 0.517. The summed E-state index contributed by atoms with van der Waals surface area (Å²) in [6, 6.07) is 6.38. The van der Waals surface area contributed by atoms with Gasteiger partial charge in [-0.05, 0) is 44.5 Å². The van der Waals surface area contributed by atoms with Gasteiger partial charge in [0.25, 0.3) is 0 Å².